The lowest BCUT2D eigenvalue weighted by atomic mass is 10.1. The van der Waals surface area contributed by atoms with Crippen molar-refractivity contribution in [2.24, 2.45) is 0 Å². The summed E-state index contributed by atoms with van der Waals surface area (Å²) in [5.41, 5.74) is 0. The van der Waals surface area contributed by atoms with Crippen LogP contribution in [0.4, 0.5) is 0 Å². The Balaban J connectivity index is 2.67. The van der Waals surface area contributed by atoms with E-state index in [2.05, 4.69) is 16.0 Å². The van der Waals surface area contributed by atoms with Crippen molar-refractivity contribution < 1.29 is 39.0 Å². The molecule has 33 heavy (non-hydrogen) atoms. The van der Waals surface area contributed by atoms with Crippen LogP contribution in [0.2, 0.25) is 0 Å². The van der Waals surface area contributed by atoms with Gasteiger partial charge in [-0.3, -0.25) is 24.0 Å². The summed E-state index contributed by atoms with van der Waals surface area (Å²) in [6.45, 7) is 3.14. The van der Waals surface area contributed by atoms with E-state index in [0.717, 1.165) is 0 Å². The Kier molecular flexibility index (Phi) is 11.7. The predicted octanol–water partition coefficient (Wildman–Crippen LogP) is -0.826. The molecule has 1 rings (SSSR count). The molecule has 0 aromatic rings. The van der Waals surface area contributed by atoms with Gasteiger partial charge in [0, 0.05) is 13.0 Å². The fourth-order valence-corrected chi connectivity index (χ4v) is 3.78. The number of rotatable bonds is 13. The highest BCUT2D eigenvalue weighted by Gasteiger charge is 2.37. The molecule has 1 saturated heterocycles. The molecule has 186 valence electrons. The molecule has 0 spiro atoms. The van der Waals surface area contributed by atoms with Crippen molar-refractivity contribution in [3.8, 4) is 0 Å². The fraction of sp³-hybridized carbons (Fsp3) is 0.700. The number of amides is 4. The molecule has 1 aliphatic rings. The Hall–Kier alpha value is -2.83. The largest absolute Gasteiger partial charge is 0.481 e. The van der Waals surface area contributed by atoms with Gasteiger partial charge in [0.05, 0.1) is 6.42 Å². The maximum absolute atomic E-state index is 12.9. The second kappa shape index (κ2) is 13.7. The third-order valence-corrected chi connectivity index (χ3v) is 5.77. The van der Waals surface area contributed by atoms with E-state index in [9.17, 15) is 33.9 Å². The van der Waals surface area contributed by atoms with Crippen LogP contribution in [0, 0.1) is 0 Å². The zero-order valence-electron chi connectivity index (χ0n) is 19.0. The molecule has 1 fully saturated rings. The Labute approximate surface area is 196 Å². The summed E-state index contributed by atoms with van der Waals surface area (Å²) in [7, 11) is 0. The van der Waals surface area contributed by atoms with Gasteiger partial charge in [0.25, 0.3) is 0 Å². The summed E-state index contributed by atoms with van der Waals surface area (Å²) in [5.74, 6) is -4.02. The summed E-state index contributed by atoms with van der Waals surface area (Å²) in [6, 6.07) is -3.87. The average molecular weight is 489 g/mol. The molecular weight excluding hydrogens is 456 g/mol. The van der Waals surface area contributed by atoms with Crippen molar-refractivity contribution in [2.75, 3.05) is 18.6 Å². The van der Waals surface area contributed by atoms with Crippen LogP contribution < -0.4 is 16.0 Å². The van der Waals surface area contributed by atoms with E-state index in [1.54, 1.807) is 0 Å². The molecule has 0 aromatic heterocycles. The van der Waals surface area contributed by atoms with E-state index >= 15 is 0 Å². The maximum Gasteiger partial charge on any atom is 0.326 e. The molecule has 1 aliphatic heterocycles. The van der Waals surface area contributed by atoms with Crippen molar-refractivity contribution in [3.63, 3.8) is 0 Å². The number of likely N-dealkylation sites (tertiary alicyclic amines) is 1. The van der Waals surface area contributed by atoms with Crippen LogP contribution in [-0.2, 0) is 28.8 Å². The number of aliphatic carboxylic acids is 2. The van der Waals surface area contributed by atoms with Crippen molar-refractivity contribution in [1.29, 1.82) is 0 Å². The van der Waals surface area contributed by atoms with Crippen molar-refractivity contribution in [2.45, 2.75) is 70.1 Å². The maximum atomic E-state index is 12.9. The van der Waals surface area contributed by atoms with Gasteiger partial charge in [-0.1, -0.05) is 0 Å². The molecule has 0 bridgehead atoms. The zero-order valence-corrected chi connectivity index (χ0v) is 19.8. The van der Waals surface area contributed by atoms with E-state index in [-0.39, 0.29) is 19.3 Å². The summed E-state index contributed by atoms with van der Waals surface area (Å²) in [4.78, 5) is 72.8. The highest BCUT2D eigenvalue weighted by Crippen LogP contribution is 2.19. The van der Waals surface area contributed by atoms with Gasteiger partial charge in [0.2, 0.25) is 23.6 Å². The zero-order chi connectivity index (χ0) is 25.1. The molecule has 0 radical (unpaired) electrons. The van der Waals surface area contributed by atoms with Crippen molar-refractivity contribution in [3.05, 3.63) is 0 Å². The van der Waals surface area contributed by atoms with Crippen LogP contribution in [0.15, 0.2) is 0 Å². The summed E-state index contributed by atoms with van der Waals surface area (Å²) in [5, 5.41) is 25.3. The topological polar surface area (TPSA) is 182 Å². The van der Waals surface area contributed by atoms with E-state index in [4.69, 9.17) is 5.11 Å². The number of thioether (sulfide) groups is 1. The lowest BCUT2D eigenvalue weighted by Gasteiger charge is -2.28. The fourth-order valence-electron chi connectivity index (χ4n) is 3.31. The first-order valence-corrected chi connectivity index (χ1v) is 12.0. The summed E-state index contributed by atoms with van der Waals surface area (Å²) >= 11 is 1.46. The van der Waals surface area contributed by atoms with Crippen LogP contribution in [-0.4, -0.2) is 93.4 Å². The van der Waals surface area contributed by atoms with E-state index in [1.807, 2.05) is 6.26 Å². The number of carboxylic acid groups (broad SMARTS) is 2. The molecule has 0 saturated carbocycles. The third kappa shape index (κ3) is 9.28. The minimum absolute atomic E-state index is 0.255. The smallest absolute Gasteiger partial charge is 0.326 e. The molecule has 13 heteroatoms. The first-order valence-electron chi connectivity index (χ1n) is 10.6. The van der Waals surface area contributed by atoms with Gasteiger partial charge in [-0.2, -0.15) is 11.8 Å². The monoisotopic (exact) mass is 488 g/mol. The average Bonchev–Trinajstić information content (AvgIpc) is 3.24. The molecule has 12 nitrogen and oxygen atoms in total. The molecule has 1 heterocycles. The summed E-state index contributed by atoms with van der Waals surface area (Å²) in [6.07, 6.45) is 2.38. The van der Waals surface area contributed by atoms with E-state index in [1.165, 1.54) is 30.5 Å². The molecule has 0 aliphatic carbocycles. The number of carbonyl (C=O) groups excluding carboxylic acids is 4. The standard InChI is InChI=1S/C20H32N4O8S/c1-11(21-15(25)6-7-16(26)27)17(28)22-12(2)19(30)24-9-4-5-14(24)18(29)23-13(20(31)32)8-10-33-3/h11-14H,4-10H2,1-3H3,(H,21,25)(H,22,28)(H,23,29)(H,26,27)(H,31,32). The van der Waals surface area contributed by atoms with Gasteiger partial charge in [-0.15, -0.1) is 0 Å². The van der Waals surface area contributed by atoms with Gasteiger partial charge in [0.15, 0.2) is 0 Å². The molecule has 5 N–H and O–H groups in total. The first-order chi connectivity index (χ1) is 15.5. The quantitative estimate of drug-likeness (QED) is 0.221. The van der Waals surface area contributed by atoms with Crippen LogP contribution in [0.25, 0.3) is 0 Å². The number of carboxylic acids is 2. The predicted molar refractivity (Wildman–Crippen MR) is 119 cm³/mol. The number of carbonyl (C=O) groups is 6. The lowest BCUT2D eigenvalue weighted by Crippen LogP contribution is -2.56. The second-order valence-corrected chi connectivity index (χ2v) is 8.77. The number of nitrogens with one attached hydrogen (secondary N) is 3. The molecular formula is C20H32N4O8S. The highest BCUT2D eigenvalue weighted by atomic mass is 32.2. The van der Waals surface area contributed by atoms with E-state index in [0.29, 0.717) is 25.1 Å². The van der Waals surface area contributed by atoms with Gasteiger partial charge in [-0.05, 0) is 45.1 Å². The van der Waals surface area contributed by atoms with Crippen LogP contribution in [0.1, 0.15) is 46.0 Å². The summed E-state index contributed by atoms with van der Waals surface area (Å²) < 4.78 is 0. The minimum Gasteiger partial charge on any atom is -0.481 e. The molecule has 4 atom stereocenters. The SMILES string of the molecule is CSCCC(NC(=O)C1CCCN1C(=O)C(C)NC(=O)C(C)NC(=O)CCC(=O)O)C(=O)O. The Bertz CT molecular complexity index is 762. The normalized spacial score (nSPS) is 18.0. The molecule has 0 aromatic carbocycles. The number of nitrogens with zero attached hydrogens (tertiary/aromatic N) is 1. The van der Waals surface area contributed by atoms with Crippen molar-refractivity contribution in [1.82, 2.24) is 20.9 Å². The first kappa shape index (κ1) is 28.2. The van der Waals surface area contributed by atoms with Crippen LogP contribution >= 0.6 is 11.8 Å². The van der Waals surface area contributed by atoms with E-state index < -0.39 is 59.7 Å². The Morgan fingerprint density at radius 3 is 2.24 bits per heavy atom. The van der Waals surface area contributed by atoms with Gasteiger partial charge >= 0.3 is 11.9 Å². The molecule has 4 amide bonds. The number of hydrogen-bond acceptors (Lipinski definition) is 7. The number of hydrogen-bond donors (Lipinski definition) is 5. The minimum atomic E-state index is -1.15. The molecule has 4 unspecified atom stereocenters. The van der Waals surface area contributed by atoms with Gasteiger partial charge in [0.1, 0.15) is 24.2 Å². The highest BCUT2D eigenvalue weighted by molar-refractivity contribution is 7.98. The Morgan fingerprint density at radius 1 is 1.00 bits per heavy atom. The van der Waals surface area contributed by atoms with Crippen molar-refractivity contribution >= 4 is 47.3 Å². The van der Waals surface area contributed by atoms with Gasteiger partial charge in [-0.25, -0.2) is 4.79 Å². The van der Waals surface area contributed by atoms with Crippen LogP contribution in [0.3, 0.4) is 0 Å². The lowest BCUT2D eigenvalue weighted by molar-refractivity contribution is -0.144. The van der Waals surface area contributed by atoms with Gasteiger partial charge < -0.3 is 31.1 Å². The second-order valence-electron chi connectivity index (χ2n) is 7.78. The third-order valence-electron chi connectivity index (χ3n) is 5.13. The Morgan fingerprint density at radius 2 is 1.67 bits per heavy atom. The van der Waals surface area contributed by atoms with Crippen LogP contribution in [0.5, 0.6) is 0 Å².